The molecule has 0 atom stereocenters. The zero-order valence-corrected chi connectivity index (χ0v) is 7.94. The highest BCUT2D eigenvalue weighted by atomic mass is 16.1. The van der Waals surface area contributed by atoms with Crippen LogP contribution in [-0.2, 0) is 4.79 Å². The predicted molar refractivity (Wildman–Crippen MR) is 51.7 cm³/mol. The van der Waals surface area contributed by atoms with Crippen molar-refractivity contribution in [3.8, 4) is 0 Å². The van der Waals surface area contributed by atoms with E-state index in [-0.39, 0.29) is 0 Å². The van der Waals surface area contributed by atoms with Crippen LogP contribution in [0.1, 0.15) is 45.4 Å². The molecule has 0 aliphatic heterocycles. The number of primary amides is 1. The molecule has 1 amide bonds. The molecule has 0 bridgehead atoms. The van der Waals surface area contributed by atoms with E-state index < -0.39 is 5.91 Å². The Labute approximate surface area is 74.8 Å². The van der Waals surface area contributed by atoms with Gasteiger partial charge in [0.05, 0.1) is 0 Å². The van der Waals surface area contributed by atoms with Crippen molar-refractivity contribution >= 4 is 5.91 Å². The summed E-state index contributed by atoms with van der Waals surface area (Å²) in [5.74, 6) is -0.435. The first-order valence-corrected chi connectivity index (χ1v) is 4.60. The topological polar surface area (TPSA) is 43.1 Å². The molecule has 2 nitrogen and oxygen atoms in total. The first-order valence-electron chi connectivity index (χ1n) is 4.60. The van der Waals surface area contributed by atoms with E-state index in [0.717, 1.165) is 0 Å². The summed E-state index contributed by atoms with van der Waals surface area (Å²) < 4.78 is 0. The normalized spacial score (nSPS) is 15.8. The second-order valence-electron chi connectivity index (χ2n) is 3.27. The van der Waals surface area contributed by atoms with Gasteiger partial charge in [-0.2, -0.15) is 0 Å². The molecular formula is C10H19NO. The van der Waals surface area contributed by atoms with Crippen LogP contribution in [0.25, 0.3) is 0 Å². The molecule has 0 saturated heterocycles. The summed E-state index contributed by atoms with van der Waals surface area (Å²) in [6.07, 6.45) is 9.00. The van der Waals surface area contributed by atoms with E-state index in [1.54, 1.807) is 6.92 Å². The lowest BCUT2D eigenvalue weighted by molar-refractivity contribution is -0.114. The fourth-order valence-corrected chi connectivity index (χ4v) is 1.06. The molecule has 12 heavy (non-hydrogen) atoms. The van der Waals surface area contributed by atoms with Crippen LogP contribution in [-0.4, -0.2) is 5.91 Å². The summed E-state index contributed by atoms with van der Waals surface area (Å²) in [5.41, 5.74) is 5.09. The molecule has 0 unspecified atom stereocenters. The predicted octanol–water partition coefficient (Wildman–Crippen LogP) is 2.39. The van der Waals surface area contributed by atoms with Gasteiger partial charge in [-0.05, 0) is 6.92 Å². The van der Waals surface area contributed by atoms with Crippen LogP contribution in [0.5, 0.6) is 0 Å². The van der Waals surface area contributed by atoms with Gasteiger partial charge in [0.15, 0.2) is 0 Å². The third-order valence-corrected chi connectivity index (χ3v) is 1.92. The van der Waals surface area contributed by atoms with E-state index >= 15 is 0 Å². The Bertz CT molecular complexity index is 124. The van der Waals surface area contributed by atoms with Gasteiger partial charge in [-0.1, -0.05) is 45.1 Å². The quantitative estimate of drug-likeness (QED) is 0.602. The number of hydrogen-bond donors (Lipinski definition) is 1. The third-order valence-electron chi connectivity index (χ3n) is 1.92. The maximum absolute atomic E-state index is 9.82. The Balaban J connectivity index is 0.000000202. The molecule has 0 spiro atoms. The fraction of sp³-hybridized carbons (Fsp3) is 0.700. The van der Waals surface area contributed by atoms with Gasteiger partial charge in [-0.25, -0.2) is 0 Å². The van der Waals surface area contributed by atoms with Crippen LogP contribution in [0.2, 0.25) is 0 Å². The first-order chi connectivity index (χ1) is 5.64. The molecule has 2 N–H and O–H groups in total. The SMILES string of the molecule is C1CCCCC1.C=C(C)C(N)=O. The number of amides is 1. The van der Waals surface area contributed by atoms with Crippen LogP contribution in [0.4, 0.5) is 0 Å². The summed E-state index contributed by atoms with van der Waals surface area (Å²) in [6.45, 7) is 4.85. The van der Waals surface area contributed by atoms with Gasteiger partial charge in [0.2, 0.25) is 5.91 Å². The number of hydrogen-bond acceptors (Lipinski definition) is 1. The van der Waals surface area contributed by atoms with Crippen molar-refractivity contribution in [2.75, 3.05) is 0 Å². The van der Waals surface area contributed by atoms with Gasteiger partial charge in [0.25, 0.3) is 0 Å². The molecule has 1 saturated carbocycles. The van der Waals surface area contributed by atoms with E-state index in [4.69, 9.17) is 5.73 Å². The minimum absolute atomic E-state index is 0.398. The molecule has 0 aromatic heterocycles. The second-order valence-corrected chi connectivity index (χ2v) is 3.27. The van der Waals surface area contributed by atoms with Gasteiger partial charge in [0, 0.05) is 5.57 Å². The van der Waals surface area contributed by atoms with E-state index in [9.17, 15) is 4.79 Å². The Morgan fingerprint density at radius 1 is 1.08 bits per heavy atom. The smallest absolute Gasteiger partial charge is 0.243 e. The van der Waals surface area contributed by atoms with Crippen LogP contribution in [0.3, 0.4) is 0 Å². The third kappa shape index (κ3) is 7.32. The molecule has 1 fully saturated rings. The van der Waals surface area contributed by atoms with Crippen molar-refractivity contribution in [3.05, 3.63) is 12.2 Å². The minimum atomic E-state index is -0.435. The Morgan fingerprint density at radius 3 is 1.33 bits per heavy atom. The van der Waals surface area contributed by atoms with E-state index in [2.05, 4.69) is 6.58 Å². The summed E-state index contributed by atoms with van der Waals surface area (Å²) in [5, 5.41) is 0. The number of carbonyl (C=O) groups is 1. The number of carbonyl (C=O) groups excluding carboxylic acids is 1. The van der Waals surface area contributed by atoms with E-state index in [1.165, 1.54) is 38.5 Å². The summed E-state index contributed by atoms with van der Waals surface area (Å²) in [6, 6.07) is 0. The number of nitrogens with two attached hydrogens (primary N) is 1. The molecule has 1 aliphatic carbocycles. The maximum Gasteiger partial charge on any atom is 0.243 e. The highest BCUT2D eigenvalue weighted by Gasteiger charge is 1.95. The maximum atomic E-state index is 9.82. The molecule has 0 radical (unpaired) electrons. The lowest BCUT2D eigenvalue weighted by Crippen LogP contribution is -2.10. The second kappa shape index (κ2) is 6.89. The molecule has 0 aromatic rings. The monoisotopic (exact) mass is 169 g/mol. The van der Waals surface area contributed by atoms with Crippen molar-refractivity contribution in [1.82, 2.24) is 0 Å². The van der Waals surface area contributed by atoms with E-state index in [0.29, 0.717) is 5.57 Å². The molecule has 2 heteroatoms. The zero-order valence-electron chi connectivity index (χ0n) is 7.94. The molecule has 0 aromatic carbocycles. The Hall–Kier alpha value is -0.790. The molecule has 1 rings (SSSR count). The van der Waals surface area contributed by atoms with Crippen LogP contribution in [0.15, 0.2) is 12.2 Å². The number of rotatable bonds is 1. The van der Waals surface area contributed by atoms with Gasteiger partial charge >= 0.3 is 0 Å². The van der Waals surface area contributed by atoms with Gasteiger partial charge in [0.1, 0.15) is 0 Å². The van der Waals surface area contributed by atoms with Crippen molar-refractivity contribution in [1.29, 1.82) is 0 Å². The highest BCUT2D eigenvalue weighted by molar-refractivity contribution is 5.90. The fourth-order valence-electron chi connectivity index (χ4n) is 1.06. The average molecular weight is 169 g/mol. The van der Waals surface area contributed by atoms with Crippen LogP contribution >= 0.6 is 0 Å². The van der Waals surface area contributed by atoms with Gasteiger partial charge in [-0.3, -0.25) is 4.79 Å². The first kappa shape index (κ1) is 11.2. The largest absolute Gasteiger partial charge is 0.366 e. The molecule has 0 heterocycles. The lowest BCUT2D eigenvalue weighted by atomic mass is 10.0. The van der Waals surface area contributed by atoms with Gasteiger partial charge < -0.3 is 5.73 Å². The van der Waals surface area contributed by atoms with Crippen molar-refractivity contribution < 1.29 is 4.79 Å². The average Bonchev–Trinajstić information content (AvgIpc) is 2.08. The Morgan fingerprint density at radius 2 is 1.25 bits per heavy atom. The Kier molecular flexibility index (Phi) is 6.44. The van der Waals surface area contributed by atoms with Crippen LogP contribution < -0.4 is 5.73 Å². The van der Waals surface area contributed by atoms with Crippen molar-refractivity contribution in [3.63, 3.8) is 0 Å². The summed E-state index contributed by atoms with van der Waals surface area (Å²) in [4.78, 5) is 9.82. The minimum Gasteiger partial charge on any atom is -0.366 e. The summed E-state index contributed by atoms with van der Waals surface area (Å²) >= 11 is 0. The standard InChI is InChI=1S/C6H12.C4H7NO/c1-2-4-6-5-3-1;1-3(2)4(5)6/h1-6H2;1H2,2H3,(H2,5,6). The summed E-state index contributed by atoms with van der Waals surface area (Å²) in [7, 11) is 0. The molecule has 1 aliphatic rings. The lowest BCUT2D eigenvalue weighted by Gasteiger charge is -2.05. The van der Waals surface area contributed by atoms with Gasteiger partial charge in [-0.15, -0.1) is 0 Å². The zero-order chi connectivity index (χ0) is 9.40. The molecule has 70 valence electrons. The van der Waals surface area contributed by atoms with Crippen molar-refractivity contribution in [2.24, 2.45) is 5.73 Å². The van der Waals surface area contributed by atoms with E-state index in [1.807, 2.05) is 0 Å². The van der Waals surface area contributed by atoms with Crippen LogP contribution in [0, 0.1) is 0 Å². The molecular weight excluding hydrogens is 150 g/mol. The van der Waals surface area contributed by atoms with Crippen molar-refractivity contribution in [2.45, 2.75) is 45.4 Å². The highest BCUT2D eigenvalue weighted by Crippen LogP contribution is 2.15.